The fourth-order valence-corrected chi connectivity index (χ4v) is 4.83. The van der Waals surface area contributed by atoms with Crippen LogP contribution in [-0.4, -0.2) is 33.9 Å². The van der Waals surface area contributed by atoms with E-state index in [1.54, 1.807) is 18.2 Å². The number of hydrogen-bond acceptors (Lipinski definition) is 3. The number of urea groups is 1. The average molecular weight is 547 g/mol. The summed E-state index contributed by atoms with van der Waals surface area (Å²) in [4.78, 5) is 39.3. The molecule has 3 aromatic carbocycles. The highest BCUT2D eigenvalue weighted by Gasteiger charge is 2.35. The van der Waals surface area contributed by atoms with Crippen molar-refractivity contribution in [1.82, 2.24) is 14.8 Å². The number of carbonyl (C=O) groups excluding carboxylic acids is 3. The van der Waals surface area contributed by atoms with E-state index in [0.29, 0.717) is 22.3 Å². The number of rotatable bonds is 7. The number of aromatic nitrogens is 1. The second kappa shape index (κ2) is 10.7. The van der Waals surface area contributed by atoms with E-state index >= 15 is 0 Å². The molecule has 5 rings (SSSR count). The van der Waals surface area contributed by atoms with Gasteiger partial charge in [-0.05, 0) is 47.9 Å². The number of benzene rings is 3. The number of aryl methyl sites for hydroxylation is 1. The van der Waals surface area contributed by atoms with Gasteiger partial charge in [0.25, 0.3) is 5.91 Å². The number of hydrogen-bond donors (Lipinski definition) is 2. The number of carbonyl (C=O) groups is 3. The summed E-state index contributed by atoms with van der Waals surface area (Å²) in [6, 6.07) is 20.0. The van der Waals surface area contributed by atoms with Gasteiger partial charge < -0.3 is 15.2 Å². The molecule has 0 saturated carbocycles. The van der Waals surface area contributed by atoms with Gasteiger partial charge in [0, 0.05) is 34.9 Å². The summed E-state index contributed by atoms with van der Waals surface area (Å²) < 4.78 is 2.04. The topological polar surface area (TPSA) is 83.4 Å². The van der Waals surface area contributed by atoms with E-state index in [2.05, 4.69) is 10.6 Å². The number of fused-ring (bicyclic) bond motifs is 1. The number of para-hydroxylation sites is 2. The molecule has 4 aromatic rings. The van der Waals surface area contributed by atoms with Gasteiger partial charge in [0.15, 0.2) is 0 Å². The van der Waals surface area contributed by atoms with E-state index in [1.165, 1.54) is 0 Å². The average Bonchev–Trinajstić information content (AvgIpc) is 3.38. The summed E-state index contributed by atoms with van der Waals surface area (Å²) in [6.45, 7) is 2.13. The minimum Gasteiger partial charge on any atom is -0.342 e. The second-order valence-corrected chi connectivity index (χ2v) is 9.73. The summed E-state index contributed by atoms with van der Waals surface area (Å²) in [5.74, 6) is -1.01. The molecule has 1 fully saturated rings. The summed E-state index contributed by atoms with van der Waals surface area (Å²) >= 11 is 12.3. The Bertz CT molecular complexity index is 1610. The summed E-state index contributed by atoms with van der Waals surface area (Å²) in [7, 11) is 0. The Morgan fingerprint density at radius 2 is 1.76 bits per heavy atom. The minimum absolute atomic E-state index is 0.106. The maximum Gasteiger partial charge on any atom is 0.329 e. The van der Waals surface area contributed by atoms with E-state index in [0.717, 1.165) is 38.9 Å². The Labute approximate surface area is 229 Å². The molecule has 2 N–H and O–H groups in total. The van der Waals surface area contributed by atoms with Crippen molar-refractivity contribution in [1.29, 1.82) is 0 Å². The maximum absolute atomic E-state index is 13.1. The van der Waals surface area contributed by atoms with Crippen LogP contribution in [0.25, 0.3) is 17.0 Å². The highest BCUT2D eigenvalue weighted by Crippen LogP contribution is 2.28. The van der Waals surface area contributed by atoms with Crippen LogP contribution in [-0.2, 0) is 22.6 Å². The van der Waals surface area contributed by atoms with Gasteiger partial charge in [-0.3, -0.25) is 9.59 Å². The van der Waals surface area contributed by atoms with Crippen LogP contribution < -0.4 is 10.6 Å². The first-order valence-corrected chi connectivity index (χ1v) is 12.8. The molecule has 38 heavy (non-hydrogen) atoms. The molecule has 0 unspecified atom stereocenters. The van der Waals surface area contributed by atoms with Crippen LogP contribution in [0.2, 0.25) is 10.0 Å². The highest BCUT2D eigenvalue weighted by atomic mass is 35.5. The molecular weight excluding hydrogens is 523 g/mol. The zero-order valence-electron chi connectivity index (χ0n) is 20.5. The molecule has 1 aromatic heterocycles. The van der Waals surface area contributed by atoms with Crippen LogP contribution in [0.4, 0.5) is 10.5 Å². The summed E-state index contributed by atoms with van der Waals surface area (Å²) in [6.07, 6.45) is 4.29. The van der Waals surface area contributed by atoms with Crippen molar-refractivity contribution in [2.75, 3.05) is 11.9 Å². The van der Waals surface area contributed by atoms with Crippen molar-refractivity contribution in [3.05, 3.63) is 105 Å². The van der Waals surface area contributed by atoms with E-state index in [4.69, 9.17) is 23.2 Å². The zero-order chi connectivity index (χ0) is 26.8. The third kappa shape index (κ3) is 5.16. The van der Waals surface area contributed by atoms with Gasteiger partial charge in [-0.15, -0.1) is 0 Å². The molecule has 2 heterocycles. The molecular formula is C29H24Cl2N4O3. The SMILES string of the molecule is CCc1ccccc1NC(=O)CN1C(=O)N/C(=C/c2cn(Cc3ccc(Cl)c(Cl)c3)c3ccccc23)C1=O. The third-order valence-corrected chi connectivity index (χ3v) is 7.13. The van der Waals surface area contributed by atoms with Crippen molar-refractivity contribution in [2.24, 2.45) is 0 Å². The number of anilines is 1. The number of amides is 4. The van der Waals surface area contributed by atoms with Crippen LogP contribution in [0.5, 0.6) is 0 Å². The van der Waals surface area contributed by atoms with Gasteiger partial charge in [0.2, 0.25) is 5.91 Å². The lowest BCUT2D eigenvalue weighted by atomic mass is 10.1. The standard InChI is InChI=1S/C29H24Cl2N4O3/c1-2-19-7-3-5-9-24(19)32-27(36)17-35-28(37)25(33-29(35)38)14-20-16-34(26-10-6-4-8-21(20)26)15-18-11-12-22(30)23(31)13-18/h3-14,16H,2,15,17H2,1H3,(H,32,36)(H,33,38)/b25-14+. The van der Waals surface area contributed by atoms with Crippen molar-refractivity contribution < 1.29 is 14.4 Å². The molecule has 1 aliphatic heterocycles. The first-order valence-electron chi connectivity index (χ1n) is 12.1. The fraction of sp³-hybridized carbons (Fsp3) is 0.138. The lowest BCUT2D eigenvalue weighted by Crippen LogP contribution is -2.38. The van der Waals surface area contributed by atoms with Crippen LogP contribution >= 0.6 is 23.2 Å². The van der Waals surface area contributed by atoms with E-state index in [1.807, 2.05) is 72.3 Å². The van der Waals surface area contributed by atoms with Crippen molar-refractivity contribution in [2.45, 2.75) is 19.9 Å². The second-order valence-electron chi connectivity index (χ2n) is 8.92. The Balaban J connectivity index is 1.37. The predicted octanol–water partition coefficient (Wildman–Crippen LogP) is 6.09. The quantitative estimate of drug-likeness (QED) is 0.217. The number of halogens is 2. The molecule has 0 aliphatic carbocycles. The van der Waals surface area contributed by atoms with E-state index in [9.17, 15) is 14.4 Å². The van der Waals surface area contributed by atoms with Gasteiger partial charge in [-0.25, -0.2) is 9.69 Å². The van der Waals surface area contributed by atoms with Crippen LogP contribution in [0.15, 0.2) is 78.6 Å². The fourth-order valence-electron chi connectivity index (χ4n) is 4.51. The highest BCUT2D eigenvalue weighted by molar-refractivity contribution is 6.42. The summed E-state index contributed by atoms with van der Waals surface area (Å²) in [5, 5.41) is 7.28. The molecule has 192 valence electrons. The number of nitrogens with zero attached hydrogens (tertiary/aromatic N) is 2. The molecule has 4 amide bonds. The first kappa shape index (κ1) is 25.6. The van der Waals surface area contributed by atoms with Crippen LogP contribution in [0.3, 0.4) is 0 Å². The Morgan fingerprint density at radius 3 is 2.55 bits per heavy atom. The zero-order valence-corrected chi connectivity index (χ0v) is 22.0. The predicted molar refractivity (Wildman–Crippen MR) is 150 cm³/mol. The molecule has 0 spiro atoms. The molecule has 1 aliphatic rings. The Kier molecular flexibility index (Phi) is 7.22. The van der Waals surface area contributed by atoms with Gasteiger partial charge in [-0.2, -0.15) is 0 Å². The smallest absolute Gasteiger partial charge is 0.329 e. The van der Waals surface area contributed by atoms with Gasteiger partial charge in [0.05, 0.1) is 10.0 Å². The van der Waals surface area contributed by atoms with Gasteiger partial charge in [0.1, 0.15) is 12.2 Å². The lowest BCUT2D eigenvalue weighted by Gasteiger charge is -2.13. The monoisotopic (exact) mass is 546 g/mol. The molecule has 0 atom stereocenters. The molecule has 1 saturated heterocycles. The largest absolute Gasteiger partial charge is 0.342 e. The minimum atomic E-state index is -0.639. The first-order chi connectivity index (χ1) is 18.3. The van der Waals surface area contributed by atoms with Gasteiger partial charge in [-0.1, -0.05) is 72.6 Å². The Hall–Kier alpha value is -4.07. The molecule has 7 nitrogen and oxygen atoms in total. The van der Waals surface area contributed by atoms with E-state index < -0.39 is 17.8 Å². The normalized spacial score (nSPS) is 14.4. The number of nitrogens with one attached hydrogen (secondary N) is 2. The Morgan fingerprint density at radius 1 is 1.00 bits per heavy atom. The van der Waals surface area contributed by atoms with Crippen molar-refractivity contribution >= 4 is 63.7 Å². The van der Waals surface area contributed by atoms with Crippen molar-refractivity contribution in [3.63, 3.8) is 0 Å². The van der Waals surface area contributed by atoms with Gasteiger partial charge >= 0.3 is 6.03 Å². The van der Waals surface area contributed by atoms with E-state index in [-0.39, 0.29) is 12.2 Å². The molecule has 0 bridgehead atoms. The van der Waals surface area contributed by atoms with Crippen LogP contribution in [0, 0.1) is 0 Å². The van der Waals surface area contributed by atoms with Crippen molar-refractivity contribution in [3.8, 4) is 0 Å². The molecule has 0 radical (unpaired) electrons. The maximum atomic E-state index is 13.1. The third-order valence-electron chi connectivity index (χ3n) is 6.39. The van der Waals surface area contributed by atoms with Crippen LogP contribution in [0.1, 0.15) is 23.6 Å². The summed E-state index contributed by atoms with van der Waals surface area (Å²) in [5.41, 5.74) is 4.41. The lowest BCUT2D eigenvalue weighted by molar-refractivity contribution is -0.127. The molecule has 9 heteroatoms. The number of imide groups is 1.